The summed E-state index contributed by atoms with van der Waals surface area (Å²) in [6, 6.07) is 4.99. The molecule has 0 amide bonds. The number of hydrogen-bond donors (Lipinski definition) is 1. The number of carbonyl (C=O) groups is 2. The van der Waals surface area contributed by atoms with Gasteiger partial charge in [0, 0.05) is 25.2 Å². The number of nitrogens with one attached hydrogen (secondary N) is 1. The molecule has 1 rings (SSSR count). The van der Waals surface area contributed by atoms with Gasteiger partial charge >= 0.3 is 11.9 Å². The van der Waals surface area contributed by atoms with Crippen LogP contribution in [0, 0.1) is 0 Å². The highest BCUT2D eigenvalue weighted by atomic mass is 16.6. The monoisotopic (exact) mass is 465 g/mol. The number of ether oxygens (including phenoxy) is 2. The first-order valence-electron chi connectivity index (χ1n) is 12.0. The third-order valence-corrected chi connectivity index (χ3v) is 4.83. The second-order valence-electron chi connectivity index (χ2n) is 7.53. The Morgan fingerprint density at radius 2 is 1.41 bits per heavy atom. The zero-order chi connectivity index (χ0) is 24.9. The molecular formula is C29H39NO4. The van der Waals surface area contributed by atoms with Gasteiger partial charge in [0.05, 0.1) is 7.11 Å². The van der Waals surface area contributed by atoms with Crippen molar-refractivity contribution in [3.8, 4) is 5.75 Å². The van der Waals surface area contributed by atoms with Gasteiger partial charge in [-0.1, -0.05) is 67.7 Å². The summed E-state index contributed by atoms with van der Waals surface area (Å²) in [5, 5.41) is 2.97. The number of esters is 2. The fourth-order valence-electron chi connectivity index (χ4n) is 2.96. The quantitative estimate of drug-likeness (QED) is 0.120. The Balaban J connectivity index is 2.16. The second kappa shape index (κ2) is 19.2. The molecule has 34 heavy (non-hydrogen) atoms. The summed E-state index contributed by atoms with van der Waals surface area (Å²) < 4.78 is 10.2. The van der Waals surface area contributed by atoms with Crippen molar-refractivity contribution in [2.24, 2.45) is 0 Å². The third kappa shape index (κ3) is 13.3. The normalized spacial score (nSPS) is 12.0. The molecule has 1 aromatic carbocycles. The van der Waals surface area contributed by atoms with E-state index in [4.69, 9.17) is 9.47 Å². The maximum absolute atomic E-state index is 12.2. The average Bonchev–Trinajstić information content (AvgIpc) is 2.85. The van der Waals surface area contributed by atoms with Crippen LogP contribution in [0.25, 0.3) is 0 Å². The van der Waals surface area contributed by atoms with Crippen LogP contribution in [-0.2, 0) is 9.53 Å². The van der Waals surface area contributed by atoms with Crippen LogP contribution in [-0.4, -0.2) is 26.1 Å². The van der Waals surface area contributed by atoms with E-state index in [0.717, 1.165) is 44.2 Å². The van der Waals surface area contributed by atoms with Gasteiger partial charge in [-0.15, -0.1) is 0 Å². The van der Waals surface area contributed by atoms with Crippen LogP contribution in [0.3, 0.4) is 0 Å². The molecule has 0 bridgehead atoms. The minimum atomic E-state index is -0.695. The van der Waals surface area contributed by atoms with Crippen LogP contribution >= 0.6 is 0 Å². The zero-order valence-electron chi connectivity index (χ0n) is 20.8. The minimum Gasteiger partial charge on any atom is -0.496 e. The maximum Gasteiger partial charge on any atom is 0.349 e. The average molecular weight is 466 g/mol. The molecule has 0 fully saturated rings. The van der Waals surface area contributed by atoms with E-state index in [1.165, 1.54) is 7.11 Å². The fourth-order valence-corrected chi connectivity index (χ4v) is 2.96. The number of hydrogen-bond acceptors (Lipinski definition) is 5. The van der Waals surface area contributed by atoms with Crippen molar-refractivity contribution in [2.75, 3.05) is 19.5 Å². The predicted molar refractivity (Wildman–Crippen MR) is 141 cm³/mol. The molecule has 0 aliphatic carbocycles. The molecule has 0 saturated carbocycles. The number of methoxy groups -OCH3 is 1. The van der Waals surface area contributed by atoms with Crippen molar-refractivity contribution in [3.63, 3.8) is 0 Å². The summed E-state index contributed by atoms with van der Waals surface area (Å²) >= 11 is 0. The maximum atomic E-state index is 12.2. The molecule has 5 nitrogen and oxygen atoms in total. The minimum absolute atomic E-state index is 0.191. The molecule has 0 atom stereocenters. The molecule has 0 heterocycles. The zero-order valence-corrected chi connectivity index (χ0v) is 20.8. The van der Waals surface area contributed by atoms with Gasteiger partial charge in [0.15, 0.2) is 0 Å². The Morgan fingerprint density at radius 3 is 1.94 bits per heavy atom. The fraction of sp³-hybridized carbons (Fsp3) is 0.379. The number of carbonyl (C=O) groups excluding carboxylic acids is 2. The SMILES string of the molecule is CC/C=C\C/C=C\C/C=C\C/C=C\C/C=C\CCCC(=O)OC(=O)c1ccc(NC)cc1OC. The molecule has 0 aliphatic rings. The lowest BCUT2D eigenvalue weighted by Crippen LogP contribution is -2.13. The number of benzene rings is 1. The highest BCUT2D eigenvalue weighted by Crippen LogP contribution is 2.24. The summed E-state index contributed by atoms with van der Waals surface area (Å²) in [5.41, 5.74) is 1.03. The van der Waals surface area contributed by atoms with Crippen molar-refractivity contribution in [1.29, 1.82) is 0 Å². The van der Waals surface area contributed by atoms with E-state index in [1.807, 2.05) is 6.08 Å². The van der Waals surface area contributed by atoms with Gasteiger partial charge in [0.1, 0.15) is 11.3 Å². The van der Waals surface area contributed by atoms with Crippen molar-refractivity contribution in [3.05, 3.63) is 84.5 Å². The number of anilines is 1. The first-order chi connectivity index (χ1) is 16.6. The second-order valence-corrected chi connectivity index (χ2v) is 7.53. The number of unbranched alkanes of at least 4 members (excludes halogenated alkanes) is 1. The van der Waals surface area contributed by atoms with Gasteiger partial charge < -0.3 is 14.8 Å². The molecule has 0 unspecified atom stereocenters. The van der Waals surface area contributed by atoms with Gasteiger partial charge in [0.25, 0.3) is 0 Å². The van der Waals surface area contributed by atoms with Crippen molar-refractivity contribution < 1.29 is 19.1 Å². The molecule has 1 aromatic rings. The molecule has 0 aliphatic heterocycles. The summed E-state index contributed by atoms with van der Waals surface area (Å²) in [6.45, 7) is 2.14. The van der Waals surface area contributed by atoms with Crippen LogP contribution in [0.4, 0.5) is 5.69 Å². The van der Waals surface area contributed by atoms with E-state index < -0.39 is 11.9 Å². The van der Waals surface area contributed by atoms with Gasteiger partial charge in [-0.05, 0) is 57.1 Å². The van der Waals surface area contributed by atoms with Crippen LogP contribution in [0.2, 0.25) is 0 Å². The molecule has 0 radical (unpaired) electrons. The van der Waals surface area contributed by atoms with Crippen molar-refractivity contribution >= 4 is 17.6 Å². The molecule has 184 valence electrons. The Labute approximate surface area is 204 Å². The highest BCUT2D eigenvalue weighted by Gasteiger charge is 2.17. The Bertz CT molecular complexity index is 878. The van der Waals surface area contributed by atoms with Gasteiger partial charge in [0.2, 0.25) is 0 Å². The van der Waals surface area contributed by atoms with E-state index in [-0.39, 0.29) is 12.0 Å². The summed E-state index contributed by atoms with van der Waals surface area (Å²) in [6.07, 6.45) is 28.0. The molecule has 0 saturated heterocycles. The number of allylic oxidation sites excluding steroid dienone is 10. The first-order valence-corrected chi connectivity index (χ1v) is 12.0. The predicted octanol–water partition coefficient (Wildman–Crippen LogP) is 7.34. The topological polar surface area (TPSA) is 64.6 Å². The summed E-state index contributed by atoms with van der Waals surface area (Å²) in [5.74, 6) is -0.861. The van der Waals surface area contributed by atoms with Crippen molar-refractivity contribution in [2.45, 2.75) is 58.3 Å². The third-order valence-electron chi connectivity index (χ3n) is 4.83. The Morgan fingerprint density at radius 1 is 0.853 bits per heavy atom. The van der Waals surface area contributed by atoms with Crippen LogP contribution < -0.4 is 10.1 Å². The Kier molecular flexibility index (Phi) is 16.2. The summed E-state index contributed by atoms with van der Waals surface area (Å²) in [4.78, 5) is 24.2. The molecule has 5 heteroatoms. The lowest BCUT2D eigenvalue weighted by atomic mass is 10.1. The van der Waals surface area contributed by atoms with Gasteiger partial charge in [-0.2, -0.15) is 0 Å². The molecule has 0 aromatic heterocycles. The van der Waals surface area contributed by atoms with E-state index in [2.05, 4.69) is 66.9 Å². The number of rotatable bonds is 16. The van der Waals surface area contributed by atoms with Gasteiger partial charge in [-0.3, -0.25) is 4.79 Å². The first kappa shape index (κ1) is 28.7. The van der Waals surface area contributed by atoms with Crippen LogP contribution in [0.1, 0.15) is 68.6 Å². The smallest absolute Gasteiger partial charge is 0.349 e. The molecule has 1 N–H and O–H groups in total. The summed E-state index contributed by atoms with van der Waals surface area (Å²) in [7, 11) is 3.24. The molecular weight excluding hydrogens is 426 g/mol. The standard InChI is InChI=1S/C29H39NO4/c1-4-5-6-7-8-9-10-11-12-13-14-15-16-17-18-19-20-21-28(31)34-29(32)26-23-22-25(30-2)24-27(26)33-3/h5-6,8-9,11-12,14-15,17-18,22-24,30H,4,7,10,13,16,19-21H2,1-3H3/b6-5-,9-8-,12-11-,15-14-,18-17-. The van der Waals surface area contributed by atoms with E-state index in [1.54, 1.807) is 25.2 Å². The van der Waals surface area contributed by atoms with Crippen molar-refractivity contribution in [1.82, 2.24) is 0 Å². The lowest BCUT2D eigenvalue weighted by molar-refractivity contribution is -0.138. The van der Waals surface area contributed by atoms with Crippen LogP contribution in [0.5, 0.6) is 5.75 Å². The largest absolute Gasteiger partial charge is 0.496 e. The van der Waals surface area contributed by atoms with E-state index in [9.17, 15) is 9.59 Å². The van der Waals surface area contributed by atoms with E-state index in [0.29, 0.717) is 12.2 Å². The van der Waals surface area contributed by atoms with Gasteiger partial charge in [-0.25, -0.2) is 4.79 Å². The highest BCUT2D eigenvalue weighted by molar-refractivity contribution is 5.99. The lowest BCUT2D eigenvalue weighted by Gasteiger charge is -2.09. The molecule has 0 spiro atoms. The Hall–Kier alpha value is -3.34. The van der Waals surface area contributed by atoms with Crippen LogP contribution in [0.15, 0.2) is 79.0 Å². The van der Waals surface area contributed by atoms with E-state index >= 15 is 0 Å².